The van der Waals surface area contributed by atoms with E-state index < -0.39 is 0 Å². The van der Waals surface area contributed by atoms with E-state index in [2.05, 4.69) is 18.7 Å². The quantitative estimate of drug-likeness (QED) is 0.418. The Bertz CT molecular complexity index is 555. The normalized spacial score (nSPS) is 34.5. The first-order chi connectivity index (χ1) is 11.0. The number of rotatable bonds is 8. The highest BCUT2D eigenvalue weighted by molar-refractivity contribution is 6.06. The van der Waals surface area contributed by atoms with Gasteiger partial charge in [-0.2, -0.15) is 0 Å². The van der Waals surface area contributed by atoms with Crippen LogP contribution in [0.2, 0.25) is 0 Å². The van der Waals surface area contributed by atoms with Crippen LogP contribution >= 0.6 is 0 Å². The van der Waals surface area contributed by atoms with Crippen LogP contribution in [0.15, 0.2) is 24.3 Å². The van der Waals surface area contributed by atoms with Crippen molar-refractivity contribution in [2.45, 2.75) is 26.2 Å². The fourth-order valence-corrected chi connectivity index (χ4v) is 4.48. The molecular formula is C18H25NO4. The molecule has 0 radical (unpaired) electrons. The Morgan fingerprint density at radius 2 is 2.22 bits per heavy atom. The van der Waals surface area contributed by atoms with Crippen LogP contribution in [0, 0.1) is 23.2 Å². The van der Waals surface area contributed by atoms with E-state index in [1.54, 1.807) is 0 Å². The highest BCUT2D eigenvalue weighted by atomic mass is 16.5. The lowest BCUT2D eigenvalue weighted by atomic mass is 9.71. The molecule has 2 amide bonds. The van der Waals surface area contributed by atoms with Crippen LogP contribution in [0.25, 0.3) is 0 Å². The highest BCUT2D eigenvalue weighted by Crippen LogP contribution is 2.62. The van der Waals surface area contributed by atoms with Crippen molar-refractivity contribution in [3.05, 3.63) is 24.3 Å². The minimum atomic E-state index is -0.206. The third-order valence-corrected chi connectivity index (χ3v) is 5.53. The van der Waals surface area contributed by atoms with Gasteiger partial charge in [0.15, 0.2) is 0 Å². The topological polar surface area (TPSA) is 66.8 Å². The molecule has 1 saturated heterocycles. The van der Waals surface area contributed by atoms with Gasteiger partial charge in [0, 0.05) is 5.41 Å². The SMILES string of the molecule is C=C(C)CCC12C=CC(C1)C1C(=O)N(CCOCCO)C(=O)C12. The van der Waals surface area contributed by atoms with Gasteiger partial charge in [0.25, 0.3) is 0 Å². The van der Waals surface area contributed by atoms with Gasteiger partial charge in [0.1, 0.15) is 0 Å². The zero-order chi connectivity index (χ0) is 16.6. The number of ether oxygens (including phenoxy) is 1. The molecule has 2 fully saturated rings. The van der Waals surface area contributed by atoms with Crippen LogP contribution in [-0.4, -0.2) is 48.2 Å². The van der Waals surface area contributed by atoms with Crippen LogP contribution in [0.4, 0.5) is 0 Å². The number of allylic oxidation sites excluding steroid dienone is 3. The Morgan fingerprint density at radius 1 is 1.43 bits per heavy atom. The molecule has 2 aliphatic carbocycles. The van der Waals surface area contributed by atoms with Gasteiger partial charge in [0.05, 0.1) is 38.2 Å². The molecule has 1 aliphatic heterocycles. The Kier molecular flexibility index (Phi) is 4.43. The number of amides is 2. The molecule has 0 aromatic carbocycles. The molecule has 3 aliphatic rings. The third-order valence-electron chi connectivity index (χ3n) is 5.53. The van der Waals surface area contributed by atoms with Crippen molar-refractivity contribution in [3.8, 4) is 0 Å². The summed E-state index contributed by atoms with van der Waals surface area (Å²) in [7, 11) is 0. The Balaban J connectivity index is 1.72. The number of carbonyl (C=O) groups excluding carboxylic acids is 2. The molecule has 1 heterocycles. The van der Waals surface area contributed by atoms with Gasteiger partial charge in [-0.1, -0.05) is 17.7 Å². The van der Waals surface area contributed by atoms with Gasteiger partial charge in [0.2, 0.25) is 11.8 Å². The molecule has 4 unspecified atom stereocenters. The summed E-state index contributed by atoms with van der Waals surface area (Å²) in [5.74, 6) is -0.275. The fraction of sp³-hybridized carbons (Fsp3) is 0.667. The predicted octanol–water partition coefficient (Wildman–Crippen LogP) is 1.53. The second-order valence-corrected chi connectivity index (χ2v) is 7.08. The Labute approximate surface area is 137 Å². The molecule has 4 atom stereocenters. The van der Waals surface area contributed by atoms with E-state index in [1.165, 1.54) is 4.90 Å². The standard InChI is InChI=1S/C18H25NO4/c1-12(2)3-5-18-6-4-13(11-18)14-15(18)17(22)19(16(14)21)7-9-23-10-8-20/h4,6,13-15,20H,1,3,5,7-11H2,2H3. The summed E-state index contributed by atoms with van der Waals surface area (Å²) in [6.45, 7) is 6.72. The molecule has 5 heteroatoms. The van der Waals surface area contributed by atoms with Gasteiger partial charge >= 0.3 is 0 Å². The number of aliphatic hydroxyl groups excluding tert-OH is 1. The summed E-state index contributed by atoms with van der Waals surface area (Å²) in [5, 5.41) is 8.72. The van der Waals surface area contributed by atoms with Gasteiger partial charge in [-0.15, -0.1) is 6.58 Å². The number of fused-ring (bicyclic) bond motifs is 5. The number of hydrogen-bond acceptors (Lipinski definition) is 4. The molecule has 126 valence electrons. The van der Waals surface area contributed by atoms with Crippen LogP contribution in [0.1, 0.15) is 26.2 Å². The summed E-state index contributed by atoms with van der Waals surface area (Å²) in [4.78, 5) is 26.9. The molecular weight excluding hydrogens is 294 g/mol. The largest absolute Gasteiger partial charge is 0.394 e. The minimum absolute atomic E-state index is 0.0406. The maximum atomic E-state index is 12.8. The Hall–Kier alpha value is -1.46. The van der Waals surface area contributed by atoms with E-state index in [0.717, 1.165) is 24.8 Å². The Morgan fingerprint density at radius 3 is 2.91 bits per heavy atom. The second-order valence-electron chi connectivity index (χ2n) is 7.08. The van der Waals surface area contributed by atoms with Crippen molar-refractivity contribution in [3.63, 3.8) is 0 Å². The third kappa shape index (κ3) is 2.66. The molecule has 1 N–H and O–H groups in total. The summed E-state index contributed by atoms with van der Waals surface area (Å²) in [6, 6.07) is 0. The molecule has 0 aromatic rings. The van der Waals surface area contributed by atoms with Gasteiger partial charge in [-0.3, -0.25) is 14.5 Å². The zero-order valence-corrected chi connectivity index (χ0v) is 13.7. The van der Waals surface area contributed by atoms with Crippen molar-refractivity contribution in [1.29, 1.82) is 0 Å². The first-order valence-corrected chi connectivity index (χ1v) is 8.38. The lowest BCUT2D eigenvalue weighted by molar-refractivity contribution is -0.142. The monoisotopic (exact) mass is 319 g/mol. The minimum Gasteiger partial charge on any atom is -0.394 e. The van der Waals surface area contributed by atoms with Crippen molar-refractivity contribution >= 4 is 11.8 Å². The highest BCUT2D eigenvalue weighted by Gasteiger charge is 2.65. The van der Waals surface area contributed by atoms with E-state index in [4.69, 9.17) is 9.84 Å². The van der Waals surface area contributed by atoms with E-state index in [1.807, 2.05) is 6.92 Å². The lowest BCUT2D eigenvalue weighted by Crippen LogP contribution is -2.37. The molecule has 5 nitrogen and oxygen atoms in total. The van der Waals surface area contributed by atoms with Crippen LogP contribution < -0.4 is 0 Å². The van der Waals surface area contributed by atoms with Crippen molar-refractivity contribution in [1.82, 2.24) is 4.90 Å². The van der Waals surface area contributed by atoms with E-state index in [-0.39, 0.29) is 61.3 Å². The number of likely N-dealkylation sites (tertiary alicyclic amines) is 1. The number of hydrogen-bond donors (Lipinski definition) is 1. The van der Waals surface area contributed by atoms with Crippen LogP contribution in [0.5, 0.6) is 0 Å². The average Bonchev–Trinajstić information content (AvgIpc) is 3.15. The van der Waals surface area contributed by atoms with Crippen LogP contribution in [0.3, 0.4) is 0 Å². The maximum Gasteiger partial charge on any atom is 0.234 e. The average molecular weight is 319 g/mol. The number of carbonyl (C=O) groups is 2. The number of nitrogens with zero attached hydrogens (tertiary/aromatic N) is 1. The fourth-order valence-electron chi connectivity index (χ4n) is 4.48. The second kappa shape index (κ2) is 6.21. The van der Waals surface area contributed by atoms with Crippen molar-refractivity contribution in [2.24, 2.45) is 23.2 Å². The molecule has 3 rings (SSSR count). The van der Waals surface area contributed by atoms with Gasteiger partial charge in [-0.05, 0) is 32.1 Å². The van der Waals surface area contributed by atoms with Gasteiger partial charge in [-0.25, -0.2) is 0 Å². The maximum absolute atomic E-state index is 12.8. The molecule has 0 aromatic heterocycles. The van der Waals surface area contributed by atoms with E-state index in [0.29, 0.717) is 0 Å². The first kappa shape index (κ1) is 16.4. The number of aliphatic hydroxyl groups is 1. The zero-order valence-electron chi connectivity index (χ0n) is 13.7. The van der Waals surface area contributed by atoms with E-state index in [9.17, 15) is 9.59 Å². The smallest absolute Gasteiger partial charge is 0.234 e. The van der Waals surface area contributed by atoms with Crippen molar-refractivity contribution < 1.29 is 19.4 Å². The van der Waals surface area contributed by atoms with E-state index >= 15 is 0 Å². The van der Waals surface area contributed by atoms with Gasteiger partial charge < -0.3 is 9.84 Å². The molecule has 0 spiro atoms. The first-order valence-electron chi connectivity index (χ1n) is 8.38. The number of imide groups is 1. The molecule has 2 bridgehead atoms. The molecule has 1 saturated carbocycles. The summed E-state index contributed by atoms with van der Waals surface area (Å²) in [5.41, 5.74) is 0.951. The lowest BCUT2D eigenvalue weighted by Gasteiger charge is -2.30. The molecule has 23 heavy (non-hydrogen) atoms. The predicted molar refractivity (Wildman–Crippen MR) is 85.3 cm³/mol. The summed E-state index contributed by atoms with van der Waals surface area (Å²) < 4.78 is 5.21. The summed E-state index contributed by atoms with van der Waals surface area (Å²) >= 11 is 0. The summed E-state index contributed by atoms with van der Waals surface area (Å²) in [6.07, 6.45) is 7.02. The van der Waals surface area contributed by atoms with Crippen molar-refractivity contribution in [2.75, 3.05) is 26.4 Å². The van der Waals surface area contributed by atoms with Crippen LogP contribution in [-0.2, 0) is 14.3 Å².